The van der Waals surface area contributed by atoms with E-state index in [1.54, 1.807) is 12.3 Å². The Bertz CT molecular complexity index is 469. The third-order valence-electron chi connectivity index (χ3n) is 1.88. The van der Waals surface area contributed by atoms with Crippen molar-refractivity contribution in [2.24, 2.45) is 5.73 Å². The van der Waals surface area contributed by atoms with Crippen LogP contribution in [0, 0.1) is 12.3 Å². The zero-order valence-corrected chi connectivity index (χ0v) is 7.28. The number of nitrogens with one attached hydrogen (secondary N) is 1. The van der Waals surface area contributed by atoms with Gasteiger partial charge in [-0.05, 0) is 19.1 Å². The quantitative estimate of drug-likeness (QED) is 0.498. The minimum atomic E-state index is 0.0771. The van der Waals surface area contributed by atoms with E-state index in [9.17, 15) is 0 Å². The van der Waals surface area contributed by atoms with E-state index in [-0.39, 0.29) is 5.84 Å². The first-order valence-electron chi connectivity index (χ1n) is 3.96. The van der Waals surface area contributed by atoms with Gasteiger partial charge in [0.25, 0.3) is 0 Å². The molecule has 0 radical (unpaired) electrons. The Morgan fingerprint density at radius 2 is 2.23 bits per heavy atom. The van der Waals surface area contributed by atoms with Crippen LogP contribution in [0.3, 0.4) is 0 Å². The minimum absolute atomic E-state index is 0.0771. The lowest BCUT2D eigenvalue weighted by Crippen LogP contribution is -2.11. The number of nitrogens with two attached hydrogens (primary N) is 1. The Morgan fingerprint density at radius 3 is 2.92 bits per heavy atom. The molecule has 0 aromatic carbocycles. The van der Waals surface area contributed by atoms with Crippen LogP contribution in [0.4, 0.5) is 0 Å². The predicted molar refractivity (Wildman–Crippen MR) is 50.9 cm³/mol. The van der Waals surface area contributed by atoms with Crippen molar-refractivity contribution < 1.29 is 0 Å². The van der Waals surface area contributed by atoms with E-state index in [0.29, 0.717) is 5.56 Å². The molecule has 0 aliphatic rings. The van der Waals surface area contributed by atoms with Gasteiger partial charge in [0.2, 0.25) is 0 Å². The van der Waals surface area contributed by atoms with Gasteiger partial charge in [0, 0.05) is 18.0 Å². The summed E-state index contributed by atoms with van der Waals surface area (Å²) in [5.41, 5.74) is 7.91. The summed E-state index contributed by atoms with van der Waals surface area (Å²) in [4.78, 5) is 4.27. The second kappa shape index (κ2) is 2.58. The van der Waals surface area contributed by atoms with Gasteiger partial charge in [-0.25, -0.2) is 4.98 Å². The highest BCUT2D eigenvalue weighted by molar-refractivity contribution is 5.94. The molecule has 0 saturated carbocycles. The number of pyridine rings is 1. The second-order valence-electron chi connectivity index (χ2n) is 2.98. The molecule has 3 N–H and O–H groups in total. The van der Waals surface area contributed by atoms with Gasteiger partial charge in [-0.1, -0.05) is 0 Å². The van der Waals surface area contributed by atoms with Gasteiger partial charge < -0.3 is 10.1 Å². The molecule has 2 aromatic rings. The van der Waals surface area contributed by atoms with Gasteiger partial charge in [-0.3, -0.25) is 5.41 Å². The number of aryl methyl sites for hydroxylation is 1. The van der Waals surface area contributed by atoms with Crippen molar-refractivity contribution in [3.05, 3.63) is 35.8 Å². The van der Waals surface area contributed by atoms with E-state index in [0.717, 1.165) is 11.3 Å². The smallest absolute Gasteiger partial charge is 0.136 e. The molecule has 0 spiro atoms. The third-order valence-corrected chi connectivity index (χ3v) is 1.88. The molecule has 0 aliphatic heterocycles. The van der Waals surface area contributed by atoms with Crippen LogP contribution < -0.4 is 5.73 Å². The maximum Gasteiger partial charge on any atom is 0.136 e. The summed E-state index contributed by atoms with van der Waals surface area (Å²) in [6, 6.07) is 3.65. The summed E-state index contributed by atoms with van der Waals surface area (Å²) in [5, 5.41) is 7.26. The van der Waals surface area contributed by atoms with Crippen molar-refractivity contribution in [3.63, 3.8) is 0 Å². The Kier molecular flexibility index (Phi) is 1.55. The molecule has 0 atom stereocenters. The lowest BCUT2D eigenvalue weighted by atomic mass is 10.2. The number of hydrogen-bond acceptors (Lipinski definition) is 2. The van der Waals surface area contributed by atoms with E-state index in [1.807, 2.05) is 23.6 Å². The van der Waals surface area contributed by atoms with Gasteiger partial charge in [-0.2, -0.15) is 0 Å². The van der Waals surface area contributed by atoms with Crippen LogP contribution in [0.1, 0.15) is 11.3 Å². The predicted octanol–water partition coefficient (Wildman–Crippen LogP) is 0.927. The summed E-state index contributed by atoms with van der Waals surface area (Å²) in [6.07, 6.45) is 3.71. The Labute approximate surface area is 75.5 Å². The molecule has 0 bridgehead atoms. The van der Waals surface area contributed by atoms with Crippen LogP contribution in [0.5, 0.6) is 0 Å². The maximum atomic E-state index is 7.26. The van der Waals surface area contributed by atoms with Crippen molar-refractivity contribution in [2.45, 2.75) is 6.92 Å². The molecule has 2 heterocycles. The summed E-state index contributed by atoms with van der Waals surface area (Å²) in [6.45, 7) is 1.93. The highest BCUT2D eigenvalue weighted by Gasteiger charge is 2.00. The highest BCUT2D eigenvalue weighted by Crippen LogP contribution is 2.06. The third kappa shape index (κ3) is 1.26. The van der Waals surface area contributed by atoms with Crippen LogP contribution in [-0.4, -0.2) is 15.2 Å². The van der Waals surface area contributed by atoms with Gasteiger partial charge in [0.05, 0.1) is 5.69 Å². The highest BCUT2D eigenvalue weighted by atomic mass is 15.0. The van der Waals surface area contributed by atoms with Crippen molar-refractivity contribution in [1.29, 1.82) is 5.41 Å². The van der Waals surface area contributed by atoms with Gasteiger partial charge in [0.15, 0.2) is 0 Å². The molecular formula is C9H10N4. The van der Waals surface area contributed by atoms with E-state index < -0.39 is 0 Å². The number of fused-ring (bicyclic) bond motifs is 1. The molecule has 0 unspecified atom stereocenters. The number of amidine groups is 1. The Morgan fingerprint density at radius 1 is 1.46 bits per heavy atom. The van der Waals surface area contributed by atoms with Gasteiger partial charge >= 0.3 is 0 Å². The summed E-state index contributed by atoms with van der Waals surface area (Å²) < 4.78 is 1.87. The first-order chi connectivity index (χ1) is 6.16. The van der Waals surface area contributed by atoms with E-state index in [2.05, 4.69) is 4.98 Å². The zero-order valence-electron chi connectivity index (χ0n) is 7.28. The van der Waals surface area contributed by atoms with Crippen molar-refractivity contribution in [3.8, 4) is 0 Å². The minimum Gasteiger partial charge on any atom is -0.384 e. The number of hydrogen-bond donors (Lipinski definition) is 2. The molecule has 2 rings (SSSR count). The first-order valence-corrected chi connectivity index (χ1v) is 3.96. The van der Waals surface area contributed by atoms with Gasteiger partial charge in [-0.15, -0.1) is 0 Å². The number of aromatic nitrogens is 2. The standard InChI is InChI=1S/C9H10N4/c1-6-4-13-5-7(9(10)11)2-3-8(13)12-6/h2-5H,1H3,(H3,10,11). The molecule has 0 saturated heterocycles. The molecule has 13 heavy (non-hydrogen) atoms. The average molecular weight is 174 g/mol. The molecule has 0 amide bonds. The average Bonchev–Trinajstić information content (AvgIpc) is 2.42. The zero-order chi connectivity index (χ0) is 9.42. The van der Waals surface area contributed by atoms with Crippen molar-refractivity contribution >= 4 is 11.5 Å². The number of nitrogens with zero attached hydrogens (tertiary/aromatic N) is 2. The molecule has 66 valence electrons. The molecule has 4 heteroatoms. The van der Waals surface area contributed by atoms with Crippen molar-refractivity contribution in [1.82, 2.24) is 9.38 Å². The van der Waals surface area contributed by atoms with Crippen molar-refractivity contribution in [2.75, 3.05) is 0 Å². The van der Waals surface area contributed by atoms with Crippen LogP contribution in [0.15, 0.2) is 24.5 Å². The molecule has 0 aliphatic carbocycles. The molecule has 0 fully saturated rings. The second-order valence-corrected chi connectivity index (χ2v) is 2.98. The summed E-state index contributed by atoms with van der Waals surface area (Å²) in [5.74, 6) is 0.0771. The van der Waals surface area contributed by atoms with E-state index >= 15 is 0 Å². The SMILES string of the molecule is Cc1cn2cc(C(=N)N)ccc2n1. The van der Waals surface area contributed by atoms with Crippen LogP contribution in [-0.2, 0) is 0 Å². The summed E-state index contributed by atoms with van der Waals surface area (Å²) >= 11 is 0. The Balaban J connectivity index is 2.67. The lowest BCUT2D eigenvalue weighted by molar-refractivity contribution is 1.17. The molecule has 4 nitrogen and oxygen atoms in total. The Hall–Kier alpha value is -1.84. The topological polar surface area (TPSA) is 67.2 Å². The fourth-order valence-corrected chi connectivity index (χ4v) is 1.28. The van der Waals surface area contributed by atoms with Crippen LogP contribution in [0.2, 0.25) is 0 Å². The molecular weight excluding hydrogens is 164 g/mol. The fraction of sp³-hybridized carbons (Fsp3) is 0.111. The monoisotopic (exact) mass is 174 g/mol. The fourth-order valence-electron chi connectivity index (χ4n) is 1.28. The number of imidazole rings is 1. The number of nitrogen functional groups attached to an aromatic ring is 1. The lowest BCUT2D eigenvalue weighted by Gasteiger charge is -1.98. The number of rotatable bonds is 1. The van der Waals surface area contributed by atoms with Crippen LogP contribution in [0.25, 0.3) is 5.65 Å². The first kappa shape index (κ1) is 7.79. The largest absolute Gasteiger partial charge is 0.384 e. The normalized spacial score (nSPS) is 10.5. The summed E-state index contributed by atoms with van der Waals surface area (Å²) in [7, 11) is 0. The molecule has 2 aromatic heterocycles. The van der Waals surface area contributed by atoms with Gasteiger partial charge in [0.1, 0.15) is 11.5 Å². The van der Waals surface area contributed by atoms with E-state index in [1.165, 1.54) is 0 Å². The maximum absolute atomic E-state index is 7.26. The van der Waals surface area contributed by atoms with Crippen LogP contribution >= 0.6 is 0 Å². The van der Waals surface area contributed by atoms with E-state index in [4.69, 9.17) is 11.1 Å².